The van der Waals surface area contributed by atoms with Crippen molar-refractivity contribution in [2.75, 3.05) is 0 Å². The van der Waals surface area contributed by atoms with Crippen molar-refractivity contribution in [2.24, 2.45) is 5.90 Å². The molecule has 1 aromatic carbocycles. The van der Waals surface area contributed by atoms with Gasteiger partial charge in [-0.3, -0.25) is 4.84 Å². The maximum absolute atomic E-state index is 5.11. The summed E-state index contributed by atoms with van der Waals surface area (Å²) in [5.41, 5.74) is 2.60. The van der Waals surface area contributed by atoms with E-state index in [-0.39, 0.29) is 6.10 Å². The average molecular weight is 177 g/mol. The molecule has 0 aliphatic heterocycles. The standard InChI is InChI=1S/C11H15NO/c1-8(13-12)9-2-4-10(5-3-9)11-6-7-11/h2-5,8,11H,6-7,12H2,1H3. The fraction of sp³-hybridized carbons (Fsp3) is 0.455. The molecule has 2 N–H and O–H groups in total. The molecule has 13 heavy (non-hydrogen) atoms. The molecule has 0 radical (unpaired) electrons. The number of nitrogens with two attached hydrogens (primary N) is 1. The van der Waals surface area contributed by atoms with Crippen molar-refractivity contribution in [1.82, 2.24) is 0 Å². The van der Waals surface area contributed by atoms with Crippen LogP contribution in [0.15, 0.2) is 24.3 Å². The van der Waals surface area contributed by atoms with Crippen LogP contribution in [0.2, 0.25) is 0 Å². The van der Waals surface area contributed by atoms with Crippen LogP contribution < -0.4 is 5.90 Å². The first-order valence-electron chi connectivity index (χ1n) is 4.76. The Morgan fingerprint density at radius 2 is 1.92 bits per heavy atom. The van der Waals surface area contributed by atoms with Crippen LogP contribution >= 0.6 is 0 Å². The second kappa shape index (κ2) is 3.48. The Labute approximate surface area is 78.7 Å². The maximum Gasteiger partial charge on any atom is 0.101 e. The van der Waals surface area contributed by atoms with Gasteiger partial charge in [-0.05, 0) is 36.8 Å². The summed E-state index contributed by atoms with van der Waals surface area (Å²) < 4.78 is 0. The van der Waals surface area contributed by atoms with Crippen LogP contribution in [0.1, 0.15) is 42.9 Å². The van der Waals surface area contributed by atoms with Crippen molar-refractivity contribution < 1.29 is 4.84 Å². The predicted molar refractivity (Wildman–Crippen MR) is 52.1 cm³/mol. The van der Waals surface area contributed by atoms with Crippen molar-refractivity contribution in [1.29, 1.82) is 0 Å². The van der Waals surface area contributed by atoms with Crippen LogP contribution in [-0.4, -0.2) is 0 Å². The first-order chi connectivity index (χ1) is 6.31. The number of benzene rings is 1. The lowest BCUT2D eigenvalue weighted by atomic mass is 10.1. The van der Waals surface area contributed by atoms with E-state index >= 15 is 0 Å². The third-order valence-electron chi connectivity index (χ3n) is 2.66. The Morgan fingerprint density at radius 3 is 2.38 bits per heavy atom. The molecule has 0 heterocycles. The minimum Gasteiger partial charge on any atom is -0.297 e. The van der Waals surface area contributed by atoms with Crippen LogP contribution in [0, 0.1) is 0 Å². The summed E-state index contributed by atoms with van der Waals surface area (Å²) in [5, 5.41) is 0. The van der Waals surface area contributed by atoms with Crippen molar-refractivity contribution in [3.63, 3.8) is 0 Å². The van der Waals surface area contributed by atoms with Gasteiger partial charge in [-0.25, -0.2) is 5.90 Å². The third-order valence-corrected chi connectivity index (χ3v) is 2.66. The zero-order valence-electron chi connectivity index (χ0n) is 7.86. The Hall–Kier alpha value is -0.860. The van der Waals surface area contributed by atoms with E-state index in [1.807, 2.05) is 6.92 Å². The summed E-state index contributed by atoms with van der Waals surface area (Å²) in [6.45, 7) is 1.95. The number of hydrogen-bond donors (Lipinski definition) is 1. The van der Waals surface area contributed by atoms with Crippen molar-refractivity contribution in [3.8, 4) is 0 Å². The molecule has 1 aliphatic rings. The molecule has 0 saturated heterocycles. The van der Waals surface area contributed by atoms with E-state index in [0.717, 1.165) is 11.5 Å². The van der Waals surface area contributed by atoms with Crippen LogP contribution in [-0.2, 0) is 4.84 Å². The van der Waals surface area contributed by atoms with Gasteiger partial charge in [-0.2, -0.15) is 0 Å². The van der Waals surface area contributed by atoms with Crippen LogP contribution in [0.4, 0.5) is 0 Å². The van der Waals surface area contributed by atoms with Crippen molar-refractivity contribution in [3.05, 3.63) is 35.4 Å². The molecule has 0 spiro atoms. The molecule has 1 saturated carbocycles. The highest BCUT2D eigenvalue weighted by molar-refractivity contribution is 5.28. The Bertz CT molecular complexity index is 277. The van der Waals surface area contributed by atoms with Crippen molar-refractivity contribution >= 4 is 0 Å². The van der Waals surface area contributed by atoms with Gasteiger partial charge in [0.1, 0.15) is 6.10 Å². The fourth-order valence-corrected chi connectivity index (χ4v) is 1.53. The highest BCUT2D eigenvalue weighted by atomic mass is 16.6. The molecule has 1 aromatic rings. The molecule has 1 aliphatic carbocycles. The summed E-state index contributed by atoms with van der Waals surface area (Å²) in [4.78, 5) is 4.75. The SMILES string of the molecule is CC(ON)c1ccc(C2CC2)cc1. The Balaban J connectivity index is 2.12. The number of rotatable bonds is 3. The second-order valence-corrected chi connectivity index (χ2v) is 3.72. The maximum atomic E-state index is 5.11. The van der Waals surface area contributed by atoms with Crippen LogP contribution in [0.5, 0.6) is 0 Å². The monoisotopic (exact) mass is 177 g/mol. The molecule has 2 rings (SSSR count). The Morgan fingerprint density at radius 1 is 1.31 bits per heavy atom. The molecule has 1 fully saturated rings. The first kappa shape index (κ1) is 8.73. The summed E-state index contributed by atoms with van der Waals surface area (Å²) >= 11 is 0. The zero-order chi connectivity index (χ0) is 9.26. The molecule has 1 unspecified atom stereocenters. The Kier molecular flexibility index (Phi) is 2.34. The van der Waals surface area contributed by atoms with Gasteiger partial charge in [-0.1, -0.05) is 24.3 Å². The summed E-state index contributed by atoms with van der Waals surface area (Å²) in [6.07, 6.45) is 2.69. The van der Waals surface area contributed by atoms with Crippen molar-refractivity contribution in [2.45, 2.75) is 31.8 Å². The molecule has 2 nitrogen and oxygen atoms in total. The fourth-order valence-electron chi connectivity index (χ4n) is 1.53. The van der Waals surface area contributed by atoms with E-state index < -0.39 is 0 Å². The predicted octanol–water partition coefficient (Wildman–Crippen LogP) is 2.52. The molecule has 0 amide bonds. The van der Waals surface area contributed by atoms with Gasteiger partial charge in [-0.15, -0.1) is 0 Å². The summed E-state index contributed by atoms with van der Waals surface area (Å²) in [6, 6.07) is 8.57. The van der Waals surface area contributed by atoms with Gasteiger partial charge >= 0.3 is 0 Å². The molecule has 70 valence electrons. The van der Waals surface area contributed by atoms with E-state index in [9.17, 15) is 0 Å². The minimum atomic E-state index is -0.00625. The van der Waals surface area contributed by atoms with Gasteiger partial charge in [0.05, 0.1) is 0 Å². The van der Waals surface area contributed by atoms with Gasteiger partial charge in [0.25, 0.3) is 0 Å². The normalized spacial score (nSPS) is 18.6. The lowest BCUT2D eigenvalue weighted by molar-refractivity contribution is 0.0664. The molecule has 2 heteroatoms. The smallest absolute Gasteiger partial charge is 0.101 e. The first-order valence-corrected chi connectivity index (χ1v) is 4.76. The largest absolute Gasteiger partial charge is 0.297 e. The zero-order valence-corrected chi connectivity index (χ0v) is 7.86. The lowest BCUT2D eigenvalue weighted by Crippen LogP contribution is -2.05. The summed E-state index contributed by atoms with van der Waals surface area (Å²) in [7, 11) is 0. The minimum absolute atomic E-state index is 0.00625. The van der Waals surface area contributed by atoms with E-state index in [2.05, 4.69) is 24.3 Å². The van der Waals surface area contributed by atoms with E-state index in [1.54, 1.807) is 0 Å². The highest BCUT2D eigenvalue weighted by Crippen LogP contribution is 2.40. The highest BCUT2D eigenvalue weighted by Gasteiger charge is 2.23. The average Bonchev–Trinajstić information content (AvgIpc) is 3.00. The molecule has 0 aromatic heterocycles. The second-order valence-electron chi connectivity index (χ2n) is 3.72. The molecule has 1 atom stereocenters. The topological polar surface area (TPSA) is 35.2 Å². The quantitative estimate of drug-likeness (QED) is 0.720. The molecular weight excluding hydrogens is 162 g/mol. The van der Waals surface area contributed by atoms with E-state index in [0.29, 0.717) is 0 Å². The van der Waals surface area contributed by atoms with E-state index in [1.165, 1.54) is 18.4 Å². The summed E-state index contributed by atoms with van der Waals surface area (Å²) in [5.74, 6) is 5.94. The lowest BCUT2D eigenvalue weighted by Gasteiger charge is -2.09. The third kappa shape index (κ3) is 1.90. The van der Waals surface area contributed by atoms with Gasteiger partial charge in [0.15, 0.2) is 0 Å². The van der Waals surface area contributed by atoms with Gasteiger partial charge in [0, 0.05) is 0 Å². The van der Waals surface area contributed by atoms with Gasteiger partial charge in [0.2, 0.25) is 0 Å². The van der Waals surface area contributed by atoms with Gasteiger partial charge < -0.3 is 0 Å². The van der Waals surface area contributed by atoms with Crippen LogP contribution in [0.25, 0.3) is 0 Å². The molecular formula is C11H15NO. The van der Waals surface area contributed by atoms with E-state index in [4.69, 9.17) is 10.7 Å². The number of hydrogen-bond acceptors (Lipinski definition) is 2. The van der Waals surface area contributed by atoms with Crippen LogP contribution in [0.3, 0.4) is 0 Å². The molecule has 0 bridgehead atoms.